The predicted molar refractivity (Wildman–Crippen MR) is 80.8 cm³/mol. The first-order valence-corrected chi connectivity index (χ1v) is 7.73. The summed E-state index contributed by atoms with van der Waals surface area (Å²) in [6.07, 6.45) is 0. The lowest BCUT2D eigenvalue weighted by Crippen LogP contribution is -2.51. The smallest absolute Gasteiger partial charge is 0.253 e. The quantitative estimate of drug-likeness (QED) is 0.863. The molecular formula is C15H22N2OS. The standard InChI is InChI=1S/C15H22N2OS/c1-11(2)19-14-6-4-13(5-7-14)15(18)17-9-8-16-12(3)10-17/h4-7,11-12,16H,8-10H2,1-3H3. The zero-order valence-corrected chi connectivity index (χ0v) is 12.7. The fourth-order valence-electron chi connectivity index (χ4n) is 2.25. The van der Waals surface area contributed by atoms with Crippen molar-refractivity contribution >= 4 is 17.7 Å². The molecule has 1 N–H and O–H groups in total. The van der Waals surface area contributed by atoms with Gasteiger partial charge in [-0.15, -0.1) is 11.8 Å². The van der Waals surface area contributed by atoms with E-state index in [1.165, 1.54) is 4.90 Å². The van der Waals surface area contributed by atoms with Gasteiger partial charge in [0.25, 0.3) is 5.91 Å². The van der Waals surface area contributed by atoms with Crippen LogP contribution in [0, 0.1) is 0 Å². The monoisotopic (exact) mass is 278 g/mol. The maximum Gasteiger partial charge on any atom is 0.253 e. The molecule has 1 fully saturated rings. The van der Waals surface area contributed by atoms with Gasteiger partial charge in [0, 0.05) is 41.4 Å². The van der Waals surface area contributed by atoms with Crippen LogP contribution in [0.2, 0.25) is 0 Å². The second-order valence-corrected chi connectivity index (χ2v) is 6.95. The van der Waals surface area contributed by atoms with Gasteiger partial charge in [0.15, 0.2) is 0 Å². The second kappa shape index (κ2) is 6.44. The van der Waals surface area contributed by atoms with Gasteiger partial charge in [-0.2, -0.15) is 0 Å². The molecule has 0 saturated carbocycles. The van der Waals surface area contributed by atoms with Gasteiger partial charge in [-0.25, -0.2) is 0 Å². The third-order valence-electron chi connectivity index (χ3n) is 3.13. The van der Waals surface area contributed by atoms with Gasteiger partial charge < -0.3 is 10.2 Å². The van der Waals surface area contributed by atoms with Gasteiger partial charge in [0.2, 0.25) is 0 Å². The summed E-state index contributed by atoms with van der Waals surface area (Å²) >= 11 is 1.82. The molecule has 0 spiro atoms. The molecule has 1 aromatic carbocycles. The maximum absolute atomic E-state index is 12.4. The lowest BCUT2D eigenvalue weighted by atomic mass is 10.1. The summed E-state index contributed by atoms with van der Waals surface area (Å²) in [4.78, 5) is 15.5. The molecule has 19 heavy (non-hydrogen) atoms. The zero-order chi connectivity index (χ0) is 13.8. The molecule has 1 aliphatic heterocycles. The van der Waals surface area contributed by atoms with Crippen LogP contribution in [0.3, 0.4) is 0 Å². The van der Waals surface area contributed by atoms with E-state index >= 15 is 0 Å². The van der Waals surface area contributed by atoms with Crippen molar-refractivity contribution in [3.8, 4) is 0 Å². The minimum atomic E-state index is 0.148. The molecule has 2 rings (SSSR count). The van der Waals surface area contributed by atoms with Crippen LogP contribution >= 0.6 is 11.8 Å². The number of amides is 1. The van der Waals surface area contributed by atoms with Crippen molar-refractivity contribution in [3.63, 3.8) is 0 Å². The van der Waals surface area contributed by atoms with Crippen LogP contribution in [0.15, 0.2) is 29.2 Å². The van der Waals surface area contributed by atoms with Crippen LogP contribution in [-0.4, -0.2) is 41.7 Å². The van der Waals surface area contributed by atoms with Crippen LogP contribution < -0.4 is 5.32 Å². The zero-order valence-electron chi connectivity index (χ0n) is 11.8. The van der Waals surface area contributed by atoms with E-state index in [-0.39, 0.29) is 5.91 Å². The molecule has 1 amide bonds. The molecule has 1 atom stereocenters. The highest BCUT2D eigenvalue weighted by Gasteiger charge is 2.21. The summed E-state index contributed by atoms with van der Waals surface area (Å²) in [5.74, 6) is 0.148. The van der Waals surface area contributed by atoms with Gasteiger partial charge in [0.05, 0.1) is 0 Å². The molecule has 1 aromatic rings. The Morgan fingerprint density at radius 2 is 2.05 bits per heavy atom. The van der Waals surface area contributed by atoms with Crippen LogP contribution in [0.5, 0.6) is 0 Å². The van der Waals surface area contributed by atoms with E-state index in [4.69, 9.17) is 0 Å². The van der Waals surface area contributed by atoms with Crippen LogP contribution in [0.4, 0.5) is 0 Å². The van der Waals surface area contributed by atoms with E-state index in [2.05, 4.69) is 26.1 Å². The number of nitrogens with one attached hydrogen (secondary N) is 1. The number of hydrogen-bond donors (Lipinski definition) is 1. The number of benzene rings is 1. The van der Waals surface area contributed by atoms with Crippen molar-refractivity contribution in [3.05, 3.63) is 29.8 Å². The average Bonchev–Trinajstić information content (AvgIpc) is 2.38. The molecule has 0 radical (unpaired) electrons. The molecule has 1 aliphatic rings. The summed E-state index contributed by atoms with van der Waals surface area (Å²) in [7, 11) is 0. The molecule has 0 aliphatic carbocycles. The summed E-state index contributed by atoms with van der Waals surface area (Å²) in [5, 5.41) is 3.92. The van der Waals surface area contributed by atoms with Crippen LogP contribution in [0.25, 0.3) is 0 Å². The molecule has 3 nitrogen and oxygen atoms in total. The van der Waals surface area contributed by atoms with Crippen molar-refractivity contribution < 1.29 is 4.79 Å². The first-order valence-electron chi connectivity index (χ1n) is 6.85. The van der Waals surface area contributed by atoms with Crippen molar-refractivity contribution in [2.45, 2.75) is 37.0 Å². The summed E-state index contributed by atoms with van der Waals surface area (Å²) in [5.41, 5.74) is 0.794. The normalized spacial score (nSPS) is 19.8. The Morgan fingerprint density at radius 3 is 2.63 bits per heavy atom. The predicted octanol–water partition coefficient (Wildman–Crippen LogP) is 2.62. The minimum Gasteiger partial charge on any atom is -0.336 e. The molecule has 1 saturated heterocycles. The van der Waals surface area contributed by atoms with E-state index < -0.39 is 0 Å². The van der Waals surface area contributed by atoms with E-state index in [1.807, 2.05) is 40.9 Å². The Morgan fingerprint density at radius 1 is 1.37 bits per heavy atom. The summed E-state index contributed by atoms with van der Waals surface area (Å²) < 4.78 is 0. The molecule has 1 heterocycles. The van der Waals surface area contributed by atoms with Crippen LogP contribution in [-0.2, 0) is 0 Å². The Kier molecular flexibility index (Phi) is 4.88. The van der Waals surface area contributed by atoms with Gasteiger partial charge in [-0.1, -0.05) is 13.8 Å². The van der Waals surface area contributed by atoms with Gasteiger partial charge in [-0.05, 0) is 31.2 Å². The first kappa shape index (κ1) is 14.4. The molecular weight excluding hydrogens is 256 g/mol. The molecule has 0 aromatic heterocycles. The maximum atomic E-state index is 12.4. The Balaban J connectivity index is 2.02. The SMILES string of the molecule is CC1CN(C(=O)c2ccc(SC(C)C)cc2)CCN1. The molecule has 1 unspecified atom stereocenters. The number of rotatable bonds is 3. The number of carbonyl (C=O) groups is 1. The Hall–Kier alpha value is -1.00. The lowest BCUT2D eigenvalue weighted by Gasteiger charge is -2.32. The van der Waals surface area contributed by atoms with Gasteiger partial charge in [-0.3, -0.25) is 4.79 Å². The summed E-state index contributed by atoms with van der Waals surface area (Å²) in [6, 6.07) is 8.36. The van der Waals surface area contributed by atoms with Crippen LogP contribution in [0.1, 0.15) is 31.1 Å². The number of nitrogens with zero attached hydrogens (tertiary/aromatic N) is 1. The number of carbonyl (C=O) groups excluding carboxylic acids is 1. The lowest BCUT2D eigenvalue weighted by molar-refractivity contribution is 0.0709. The third-order valence-corrected chi connectivity index (χ3v) is 4.14. The Labute approximate surface area is 119 Å². The number of hydrogen-bond acceptors (Lipinski definition) is 3. The first-order chi connectivity index (χ1) is 9.06. The summed E-state index contributed by atoms with van der Waals surface area (Å²) in [6.45, 7) is 8.93. The third kappa shape index (κ3) is 3.98. The minimum absolute atomic E-state index is 0.148. The van der Waals surface area contributed by atoms with Gasteiger partial charge in [0.1, 0.15) is 0 Å². The van der Waals surface area contributed by atoms with Crippen molar-refractivity contribution in [2.75, 3.05) is 19.6 Å². The molecule has 104 valence electrons. The molecule has 4 heteroatoms. The van der Waals surface area contributed by atoms with E-state index in [0.717, 1.165) is 25.2 Å². The van der Waals surface area contributed by atoms with E-state index in [1.54, 1.807) is 0 Å². The van der Waals surface area contributed by atoms with Crippen molar-refractivity contribution in [1.82, 2.24) is 10.2 Å². The van der Waals surface area contributed by atoms with Gasteiger partial charge >= 0.3 is 0 Å². The highest BCUT2D eigenvalue weighted by Crippen LogP contribution is 2.23. The Bertz CT molecular complexity index is 430. The number of piperazine rings is 1. The fraction of sp³-hybridized carbons (Fsp3) is 0.533. The van der Waals surface area contributed by atoms with E-state index in [9.17, 15) is 4.79 Å². The van der Waals surface area contributed by atoms with Crippen molar-refractivity contribution in [1.29, 1.82) is 0 Å². The number of thioether (sulfide) groups is 1. The average molecular weight is 278 g/mol. The second-order valence-electron chi connectivity index (χ2n) is 5.30. The highest BCUT2D eigenvalue weighted by molar-refractivity contribution is 7.99. The molecule has 0 bridgehead atoms. The highest BCUT2D eigenvalue weighted by atomic mass is 32.2. The fourth-order valence-corrected chi connectivity index (χ4v) is 3.09. The largest absolute Gasteiger partial charge is 0.336 e. The van der Waals surface area contributed by atoms with Crippen molar-refractivity contribution in [2.24, 2.45) is 0 Å². The topological polar surface area (TPSA) is 32.3 Å². The van der Waals surface area contributed by atoms with E-state index in [0.29, 0.717) is 11.3 Å².